The molecule has 0 aromatic heterocycles. The molecule has 114 valence electrons. The average Bonchev–Trinajstić information content (AvgIpc) is 2.46. The molecule has 0 spiro atoms. The highest BCUT2D eigenvalue weighted by Gasteiger charge is 2.24. The highest BCUT2D eigenvalue weighted by Crippen LogP contribution is 2.13. The Labute approximate surface area is 130 Å². The van der Waals surface area contributed by atoms with E-state index in [4.69, 9.17) is 21.7 Å². The molecular formula is C15H20N2O3S. The van der Waals surface area contributed by atoms with E-state index in [1.165, 1.54) is 0 Å². The number of morpholine rings is 1. The number of nitrogens with one attached hydrogen (secondary N) is 1. The van der Waals surface area contributed by atoms with Gasteiger partial charge in [0.2, 0.25) is 0 Å². The number of ether oxygens (including phenoxy) is 2. The van der Waals surface area contributed by atoms with Crippen molar-refractivity contribution in [3.05, 3.63) is 29.8 Å². The van der Waals surface area contributed by atoms with Gasteiger partial charge < -0.3 is 14.4 Å². The van der Waals surface area contributed by atoms with E-state index >= 15 is 0 Å². The van der Waals surface area contributed by atoms with Crippen molar-refractivity contribution in [2.24, 2.45) is 0 Å². The van der Waals surface area contributed by atoms with Crippen LogP contribution in [0.3, 0.4) is 0 Å². The van der Waals surface area contributed by atoms with E-state index in [0.29, 0.717) is 29.5 Å². The van der Waals surface area contributed by atoms with Gasteiger partial charge in [0.25, 0.3) is 5.91 Å². The summed E-state index contributed by atoms with van der Waals surface area (Å²) in [6.07, 6.45) is 0.203. The van der Waals surface area contributed by atoms with Gasteiger partial charge in [-0.15, -0.1) is 0 Å². The topological polar surface area (TPSA) is 50.8 Å². The van der Waals surface area contributed by atoms with Crippen molar-refractivity contribution in [3.63, 3.8) is 0 Å². The minimum atomic E-state index is -0.213. The zero-order valence-electron chi connectivity index (χ0n) is 12.5. The molecule has 1 aromatic rings. The largest absolute Gasteiger partial charge is 0.497 e. The van der Waals surface area contributed by atoms with Gasteiger partial charge in [-0.3, -0.25) is 10.1 Å². The second-order valence-corrected chi connectivity index (χ2v) is 5.54. The zero-order chi connectivity index (χ0) is 15.4. The first kappa shape index (κ1) is 15.7. The summed E-state index contributed by atoms with van der Waals surface area (Å²) in [7, 11) is 1.59. The maximum Gasteiger partial charge on any atom is 0.257 e. The molecule has 1 aliphatic rings. The Hall–Kier alpha value is -1.66. The molecule has 0 bridgehead atoms. The van der Waals surface area contributed by atoms with Crippen LogP contribution in [0.15, 0.2) is 24.3 Å². The first-order chi connectivity index (χ1) is 9.99. The minimum Gasteiger partial charge on any atom is -0.497 e. The Bertz CT molecular complexity index is 508. The summed E-state index contributed by atoms with van der Waals surface area (Å²) in [5.41, 5.74) is 0.549. The number of carbonyl (C=O) groups excluding carboxylic acids is 1. The molecule has 2 atom stereocenters. The van der Waals surface area contributed by atoms with Gasteiger partial charge >= 0.3 is 0 Å². The molecule has 0 saturated carbocycles. The molecule has 1 aromatic carbocycles. The Morgan fingerprint density at radius 3 is 2.38 bits per heavy atom. The molecule has 1 amide bonds. The first-order valence-electron chi connectivity index (χ1n) is 6.89. The quantitative estimate of drug-likeness (QED) is 0.845. The van der Waals surface area contributed by atoms with Gasteiger partial charge in [-0.05, 0) is 50.3 Å². The van der Waals surface area contributed by atoms with Crippen LogP contribution in [-0.2, 0) is 4.74 Å². The molecule has 0 aliphatic carbocycles. The summed E-state index contributed by atoms with van der Waals surface area (Å²) in [4.78, 5) is 14.1. The first-order valence-corrected chi connectivity index (χ1v) is 7.30. The number of rotatable bonds is 2. The molecule has 21 heavy (non-hydrogen) atoms. The summed E-state index contributed by atoms with van der Waals surface area (Å²) in [6.45, 7) is 5.37. The third-order valence-corrected chi connectivity index (χ3v) is 3.64. The molecule has 1 heterocycles. The van der Waals surface area contributed by atoms with E-state index in [9.17, 15) is 4.79 Å². The second-order valence-electron chi connectivity index (χ2n) is 5.15. The standard InChI is InChI=1S/C15H20N2O3S/c1-10-8-17(9-11(2)20-10)15(21)16-14(18)12-4-6-13(19-3)7-5-12/h4-7,10-11H,8-9H2,1-3H3,(H,16,18,21)/t10-,11-/m1/s1. The number of hydrogen-bond donors (Lipinski definition) is 1. The van der Waals surface area contributed by atoms with E-state index in [1.807, 2.05) is 18.7 Å². The Morgan fingerprint density at radius 1 is 1.29 bits per heavy atom. The molecule has 1 fully saturated rings. The van der Waals surface area contributed by atoms with E-state index in [2.05, 4.69) is 5.32 Å². The third-order valence-electron chi connectivity index (χ3n) is 3.28. The fourth-order valence-electron chi connectivity index (χ4n) is 2.33. The highest BCUT2D eigenvalue weighted by atomic mass is 32.1. The van der Waals surface area contributed by atoms with Crippen molar-refractivity contribution in [2.45, 2.75) is 26.1 Å². The maximum atomic E-state index is 12.2. The fraction of sp³-hybridized carbons (Fsp3) is 0.467. The smallest absolute Gasteiger partial charge is 0.257 e. The van der Waals surface area contributed by atoms with Crippen LogP contribution in [0.1, 0.15) is 24.2 Å². The molecular weight excluding hydrogens is 288 g/mol. The lowest BCUT2D eigenvalue weighted by Gasteiger charge is -2.36. The van der Waals surface area contributed by atoms with E-state index in [1.54, 1.807) is 31.4 Å². The van der Waals surface area contributed by atoms with Crippen LogP contribution in [0.4, 0.5) is 0 Å². The van der Waals surface area contributed by atoms with Crippen LogP contribution in [0.2, 0.25) is 0 Å². The number of amides is 1. The molecule has 1 aliphatic heterocycles. The van der Waals surface area contributed by atoms with Crippen LogP contribution < -0.4 is 10.1 Å². The van der Waals surface area contributed by atoms with Crippen LogP contribution in [0.5, 0.6) is 5.75 Å². The van der Waals surface area contributed by atoms with E-state index < -0.39 is 0 Å². The van der Waals surface area contributed by atoms with Gasteiger partial charge in [0, 0.05) is 18.7 Å². The number of thiocarbonyl (C=S) groups is 1. The Morgan fingerprint density at radius 2 is 1.86 bits per heavy atom. The van der Waals surface area contributed by atoms with Gasteiger partial charge in [-0.1, -0.05) is 0 Å². The molecule has 0 radical (unpaired) electrons. The summed E-state index contributed by atoms with van der Waals surface area (Å²) in [5, 5.41) is 3.21. The van der Waals surface area contributed by atoms with Gasteiger partial charge in [0.05, 0.1) is 19.3 Å². The summed E-state index contributed by atoms with van der Waals surface area (Å²) in [5.74, 6) is 0.499. The van der Waals surface area contributed by atoms with Gasteiger partial charge in [-0.25, -0.2) is 0 Å². The van der Waals surface area contributed by atoms with Gasteiger partial charge in [0.1, 0.15) is 5.75 Å². The van der Waals surface area contributed by atoms with Gasteiger partial charge in [-0.2, -0.15) is 0 Å². The molecule has 1 saturated heterocycles. The third kappa shape index (κ3) is 4.15. The lowest BCUT2D eigenvalue weighted by molar-refractivity contribution is -0.0481. The number of benzene rings is 1. The van der Waals surface area contributed by atoms with Crippen molar-refractivity contribution in [1.29, 1.82) is 0 Å². The van der Waals surface area contributed by atoms with E-state index in [0.717, 1.165) is 0 Å². The van der Waals surface area contributed by atoms with Gasteiger partial charge in [0.15, 0.2) is 5.11 Å². The van der Waals surface area contributed by atoms with Crippen LogP contribution in [0.25, 0.3) is 0 Å². The van der Waals surface area contributed by atoms with Crippen molar-refractivity contribution < 1.29 is 14.3 Å². The predicted molar refractivity (Wildman–Crippen MR) is 84.6 cm³/mol. The Balaban J connectivity index is 1.96. The number of nitrogens with zero attached hydrogens (tertiary/aromatic N) is 1. The monoisotopic (exact) mass is 308 g/mol. The lowest BCUT2D eigenvalue weighted by Crippen LogP contribution is -2.52. The van der Waals surface area contributed by atoms with Crippen molar-refractivity contribution in [1.82, 2.24) is 10.2 Å². The normalized spacial score (nSPS) is 21.8. The van der Waals surface area contributed by atoms with Crippen molar-refractivity contribution in [2.75, 3.05) is 20.2 Å². The van der Waals surface area contributed by atoms with Crippen LogP contribution >= 0.6 is 12.2 Å². The molecule has 2 rings (SSSR count). The van der Waals surface area contributed by atoms with Crippen LogP contribution in [-0.4, -0.2) is 48.3 Å². The zero-order valence-corrected chi connectivity index (χ0v) is 13.3. The highest BCUT2D eigenvalue weighted by molar-refractivity contribution is 7.80. The number of carbonyl (C=O) groups is 1. The van der Waals surface area contributed by atoms with Crippen molar-refractivity contribution >= 4 is 23.2 Å². The summed E-state index contributed by atoms with van der Waals surface area (Å²) in [6, 6.07) is 6.91. The summed E-state index contributed by atoms with van der Waals surface area (Å²) >= 11 is 5.32. The molecule has 1 N–H and O–H groups in total. The number of methoxy groups -OCH3 is 1. The molecule has 6 heteroatoms. The fourth-order valence-corrected chi connectivity index (χ4v) is 2.58. The molecule has 5 nitrogen and oxygen atoms in total. The second kappa shape index (κ2) is 6.87. The number of hydrogen-bond acceptors (Lipinski definition) is 4. The predicted octanol–water partition coefficient (Wildman–Crippen LogP) is 1.82. The van der Waals surface area contributed by atoms with Crippen LogP contribution in [0, 0.1) is 0 Å². The maximum absolute atomic E-state index is 12.2. The lowest BCUT2D eigenvalue weighted by atomic mass is 10.2. The SMILES string of the molecule is COc1ccc(C(=O)NC(=S)N2C[C@@H](C)O[C@H](C)C2)cc1. The van der Waals surface area contributed by atoms with E-state index in [-0.39, 0.29) is 18.1 Å². The minimum absolute atomic E-state index is 0.101. The summed E-state index contributed by atoms with van der Waals surface area (Å²) < 4.78 is 10.7. The average molecular weight is 308 g/mol. The molecule has 0 unspecified atom stereocenters. The van der Waals surface area contributed by atoms with Crippen molar-refractivity contribution in [3.8, 4) is 5.75 Å². The Kier molecular flexibility index (Phi) is 5.14.